The Bertz CT molecular complexity index is 1380. The largest absolute Gasteiger partial charge is 0.374 e. The Morgan fingerprint density at radius 2 is 1.73 bits per heavy atom. The number of hydrogen-bond acceptors (Lipinski definition) is 5. The van der Waals surface area contributed by atoms with Crippen LogP contribution >= 0.6 is 34.8 Å². The van der Waals surface area contributed by atoms with Crippen molar-refractivity contribution in [3.8, 4) is 0 Å². The number of carbonyl (C=O) groups excluding carboxylic acids is 1. The maximum absolute atomic E-state index is 13.4. The van der Waals surface area contributed by atoms with E-state index in [1.54, 1.807) is 4.90 Å². The third kappa shape index (κ3) is 4.90. The van der Waals surface area contributed by atoms with Crippen LogP contribution in [0.5, 0.6) is 0 Å². The van der Waals surface area contributed by atoms with Crippen molar-refractivity contribution in [2.75, 3.05) is 9.91 Å². The minimum Gasteiger partial charge on any atom is -0.374 e. The molecular weight excluding hydrogens is 573 g/mol. The minimum atomic E-state index is -3.86. The van der Waals surface area contributed by atoms with Gasteiger partial charge in [-0.15, -0.1) is 0 Å². The van der Waals surface area contributed by atoms with Crippen molar-refractivity contribution >= 4 is 72.9 Å². The van der Waals surface area contributed by atoms with Gasteiger partial charge in [-0.1, -0.05) is 30.3 Å². The van der Waals surface area contributed by atoms with Crippen molar-refractivity contribution in [1.29, 1.82) is 0 Å². The van der Waals surface area contributed by atoms with Crippen molar-refractivity contribution in [2.24, 2.45) is 16.0 Å². The van der Waals surface area contributed by atoms with E-state index in [0.29, 0.717) is 17.8 Å². The summed E-state index contributed by atoms with van der Waals surface area (Å²) in [6, 6.07) is 20.9. The third-order valence-corrected chi connectivity index (χ3v) is 6.73. The molecule has 33 heavy (non-hydrogen) atoms. The zero-order valence-corrected chi connectivity index (χ0v) is 20.8. The number of nitrogens with zero attached hydrogens (tertiary/aromatic N) is 3. The van der Waals surface area contributed by atoms with Crippen LogP contribution in [0, 0.1) is 3.57 Å². The van der Waals surface area contributed by atoms with Crippen molar-refractivity contribution in [2.45, 2.75) is 11.4 Å². The van der Waals surface area contributed by atoms with Gasteiger partial charge in [-0.3, -0.25) is 4.79 Å². The van der Waals surface area contributed by atoms with Crippen LogP contribution in [-0.2, 0) is 21.4 Å². The van der Waals surface area contributed by atoms with Crippen LogP contribution < -0.4 is 20.8 Å². The SMILES string of the molecule is NC(=S)N(/N=C1\C(=O)N(Cc2ccccc2)c2ccc(I)cc21)c1ccc(S(N)(=O)=O)cc1. The van der Waals surface area contributed by atoms with Gasteiger partial charge in [0.2, 0.25) is 10.0 Å². The van der Waals surface area contributed by atoms with E-state index in [1.807, 2.05) is 48.5 Å². The number of benzene rings is 3. The lowest BCUT2D eigenvalue weighted by atomic mass is 10.1. The number of carbonyl (C=O) groups is 1. The molecule has 0 bridgehead atoms. The van der Waals surface area contributed by atoms with E-state index in [-0.39, 0.29) is 21.6 Å². The van der Waals surface area contributed by atoms with Gasteiger partial charge in [0, 0.05) is 9.13 Å². The van der Waals surface area contributed by atoms with E-state index in [1.165, 1.54) is 29.3 Å². The lowest BCUT2D eigenvalue weighted by molar-refractivity contribution is -0.112. The number of anilines is 2. The molecule has 3 aromatic carbocycles. The molecule has 0 unspecified atom stereocenters. The molecule has 0 saturated carbocycles. The van der Waals surface area contributed by atoms with Crippen molar-refractivity contribution in [3.63, 3.8) is 0 Å². The fourth-order valence-corrected chi connectivity index (χ4v) is 4.57. The van der Waals surface area contributed by atoms with Gasteiger partial charge >= 0.3 is 0 Å². The number of nitrogens with two attached hydrogens (primary N) is 2. The molecule has 1 aliphatic rings. The number of amides is 1. The molecule has 1 amide bonds. The second-order valence-electron chi connectivity index (χ2n) is 7.18. The smallest absolute Gasteiger partial charge is 0.279 e. The minimum absolute atomic E-state index is 0.0623. The van der Waals surface area contributed by atoms with Crippen LogP contribution in [0.4, 0.5) is 11.4 Å². The molecule has 0 aliphatic carbocycles. The summed E-state index contributed by atoms with van der Waals surface area (Å²) in [5, 5.41) is 10.8. The van der Waals surface area contributed by atoms with Gasteiger partial charge in [-0.25, -0.2) is 18.6 Å². The molecule has 4 N–H and O–H groups in total. The second kappa shape index (κ2) is 9.17. The average Bonchev–Trinajstić information content (AvgIpc) is 3.02. The van der Waals surface area contributed by atoms with Gasteiger partial charge in [-0.05, 0) is 82.8 Å². The first-order chi connectivity index (χ1) is 15.6. The maximum atomic E-state index is 13.4. The summed E-state index contributed by atoms with van der Waals surface area (Å²) in [7, 11) is -3.86. The number of sulfonamides is 1. The predicted octanol–water partition coefficient (Wildman–Crippen LogP) is 2.94. The van der Waals surface area contributed by atoms with Crippen molar-refractivity contribution in [1.82, 2.24) is 0 Å². The summed E-state index contributed by atoms with van der Waals surface area (Å²) >= 11 is 7.34. The Morgan fingerprint density at radius 1 is 1.06 bits per heavy atom. The highest BCUT2D eigenvalue weighted by atomic mass is 127. The van der Waals surface area contributed by atoms with Crippen LogP contribution in [0.3, 0.4) is 0 Å². The number of hydrogen-bond donors (Lipinski definition) is 2. The number of hydrazone groups is 1. The van der Waals surface area contributed by atoms with Gasteiger partial charge in [0.1, 0.15) is 0 Å². The molecule has 1 aliphatic heterocycles. The van der Waals surface area contributed by atoms with Gasteiger partial charge in [0.25, 0.3) is 5.91 Å². The van der Waals surface area contributed by atoms with E-state index in [9.17, 15) is 13.2 Å². The maximum Gasteiger partial charge on any atom is 0.279 e. The second-order valence-corrected chi connectivity index (χ2v) is 10.4. The number of halogens is 1. The molecule has 0 aromatic heterocycles. The summed E-state index contributed by atoms with van der Waals surface area (Å²) in [4.78, 5) is 15.0. The summed E-state index contributed by atoms with van der Waals surface area (Å²) in [6.07, 6.45) is 0. The Labute approximate surface area is 210 Å². The number of rotatable bonds is 5. The molecule has 4 rings (SSSR count). The molecular formula is C22H18IN5O3S2. The van der Waals surface area contributed by atoms with Crippen LogP contribution in [0.15, 0.2) is 82.8 Å². The van der Waals surface area contributed by atoms with Gasteiger partial charge < -0.3 is 10.6 Å². The standard InChI is InChI=1S/C22H18IN5O3S2/c23-15-6-11-19-18(12-15)20(21(29)27(19)13-14-4-2-1-3-5-14)26-28(22(24)32)16-7-9-17(10-8-16)33(25,30)31/h1-12H,13H2,(H2,24,32)(H2,25,30,31)/b26-20-. The van der Waals surface area contributed by atoms with Gasteiger partial charge in [0.05, 0.1) is 22.8 Å². The van der Waals surface area contributed by atoms with Crippen LogP contribution in [-0.4, -0.2) is 25.1 Å². The molecule has 0 fully saturated rings. The molecule has 3 aromatic rings. The molecule has 168 valence electrons. The first-order valence-corrected chi connectivity index (χ1v) is 12.7. The van der Waals surface area contributed by atoms with E-state index in [2.05, 4.69) is 27.7 Å². The number of thiocarbonyl (C=S) groups is 1. The topological polar surface area (TPSA) is 122 Å². The first kappa shape index (κ1) is 23.3. The molecule has 0 radical (unpaired) electrons. The summed E-state index contributed by atoms with van der Waals surface area (Å²) in [6.45, 7) is 0.377. The van der Waals surface area contributed by atoms with E-state index in [0.717, 1.165) is 14.8 Å². The highest BCUT2D eigenvalue weighted by Gasteiger charge is 2.35. The fraction of sp³-hybridized carbons (Fsp3) is 0.0455. The molecule has 0 atom stereocenters. The molecule has 1 heterocycles. The Hall–Kier alpha value is -2.87. The molecule has 8 nitrogen and oxygen atoms in total. The fourth-order valence-electron chi connectivity index (χ4n) is 3.42. The summed E-state index contributed by atoms with van der Waals surface area (Å²) in [5.74, 6) is -0.293. The summed E-state index contributed by atoms with van der Waals surface area (Å²) in [5.41, 5.74) is 8.84. The van der Waals surface area contributed by atoms with E-state index < -0.39 is 10.0 Å². The summed E-state index contributed by atoms with van der Waals surface area (Å²) < 4.78 is 24.1. The van der Waals surface area contributed by atoms with Gasteiger partial charge in [-0.2, -0.15) is 5.10 Å². The highest BCUT2D eigenvalue weighted by Crippen LogP contribution is 2.33. The lowest BCUT2D eigenvalue weighted by Gasteiger charge is -2.19. The van der Waals surface area contributed by atoms with Crippen LogP contribution in [0.1, 0.15) is 11.1 Å². The van der Waals surface area contributed by atoms with Gasteiger partial charge in [0.15, 0.2) is 10.8 Å². The van der Waals surface area contributed by atoms with E-state index >= 15 is 0 Å². The van der Waals surface area contributed by atoms with Crippen molar-refractivity contribution in [3.05, 3.63) is 87.5 Å². The van der Waals surface area contributed by atoms with E-state index in [4.69, 9.17) is 23.1 Å². The molecule has 11 heteroatoms. The normalized spacial score (nSPS) is 14.4. The predicted molar refractivity (Wildman–Crippen MR) is 140 cm³/mol. The third-order valence-electron chi connectivity index (χ3n) is 4.95. The Kier molecular flexibility index (Phi) is 6.47. The lowest BCUT2D eigenvalue weighted by Crippen LogP contribution is -2.35. The molecule has 0 spiro atoms. The zero-order chi connectivity index (χ0) is 23.8. The Morgan fingerprint density at radius 3 is 2.33 bits per heavy atom. The van der Waals surface area contributed by atoms with Crippen LogP contribution in [0.25, 0.3) is 0 Å². The average molecular weight is 591 g/mol. The highest BCUT2D eigenvalue weighted by molar-refractivity contribution is 14.1. The Balaban J connectivity index is 1.77. The van der Waals surface area contributed by atoms with Crippen molar-refractivity contribution < 1.29 is 13.2 Å². The number of primary sulfonamides is 1. The molecule has 0 saturated heterocycles. The quantitative estimate of drug-likeness (QED) is 0.268. The number of fused-ring (bicyclic) bond motifs is 1. The zero-order valence-electron chi connectivity index (χ0n) is 17.1. The first-order valence-electron chi connectivity index (χ1n) is 9.62. The van der Waals surface area contributed by atoms with Crippen LogP contribution in [0.2, 0.25) is 0 Å². The monoisotopic (exact) mass is 591 g/mol.